The zero-order valence-electron chi connectivity index (χ0n) is 14.9. The van der Waals surface area contributed by atoms with Gasteiger partial charge in [0.2, 0.25) is 16.0 Å². The lowest BCUT2D eigenvalue weighted by molar-refractivity contribution is -0.150. The molecule has 154 valence electrons. The summed E-state index contributed by atoms with van der Waals surface area (Å²) in [6.07, 6.45) is 1.54. The number of hydrogen-bond donors (Lipinski definition) is 2. The van der Waals surface area contributed by atoms with Gasteiger partial charge in [-0.25, -0.2) is 22.8 Å². The van der Waals surface area contributed by atoms with E-state index in [1.807, 2.05) is 0 Å². The molecule has 2 atom stereocenters. The van der Waals surface area contributed by atoms with E-state index in [4.69, 9.17) is 4.74 Å². The summed E-state index contributed by atoms with van der Waals surface area (Å²) in [5.74, 6) is -2.30. The van der Waals surface area contributed by atoms with Gasteiger partial charge in [0.15, 0.2) is 6.61 Å². The molecule has 1 fully saturated rings. The Morgan fingerprint density at radius 1 is 1.24 bits per heavy atom. The largest absolute Gasteiger partial charge is 0.454 e. The van der Waals surface area contributed by atoms with E-state index < -0.39 is 46.5 Å². The highest BCUT2D eigenvalue weighted by atomic mass is 32.2. The minimum Gasteiger partial charge on any atom is -0.454 e. The van der Waals surface area contributed by atoms with Crippen molar-refractivity contribution in [3.63, 3.8) is 0 Å². The number of halogens is 1. The van der Waals surface area contributed by atoms with Gasteiger partial charge in [0.05, 0.1) is 11.0 Å². The number of benzene rings is 1. The van der Waals surface area contributed by atoms with Gasteiger partial charge in [-0.2, -0.15) is 4.31 Å². The zero-order chi connectivity index (χ0) is 21.0. The third kappa shape index (κ3) is 4.91. The van der Waals surface area contributed by atoms with Gasteiger partial charge in [0.1, 0.15) is 11.9 Å². The molecule has 0 aliphatic carbocycles. The number of aliphatic hydroxyl groups is 1. The molecule has 0 bridgehead atoms. The lowest BCUT2D eigenvalue weighted by Gasteiger charge is -2.22. The first kappa shape index (κ1) is 20.8. The number of anilines is 1. The molecule has 1 amide bonds. The Morgan fingerprint density at radius 3 is 2.55 bits per heavy atom. The van der Waals surface area contributed by atoms with Crippen molar-refractivity contribution in [2.24, 2.45) is 0 Å². The van der Waals surface area contributed by atoms with E-state index in [0.29, 0.717) is 0 Å². The Balaban J connectivity index is 1.67. The lowest BCUT2D eigenvalue weighted by atomic mass is 10.2. The quantitative estimate of drug-likeness (QED) is 0.614. The Kier molecular flexibility index (Phi) is 6.15. The van der Waals surface area contributed by atoms with Crippen LogP contribution < -0.4 is 5.32 Å². The monoisotopic (exact) mass is 424 g/mol. The Bertz CT molecular complexity index is 987. The second-order valence-electron chi connectivity index (χ2n) is 6.16. The number of rotatable bonds is 6. The van der Waals surface area contributed by atoms with Crippen molar-refractivity contribution < 1.29 is 32.2 Å². The molecule has 0 saturated carbocycles. The third-order valence-corrected chi connectivity index (χ3v) is 5.98. The summed E-state index contributed by atoms with van der Waals surface area (Å²) < 4.78 is 44.3. The summed E-state index contributed by atoms with van der Waals surface area (Å²) >= 11 is 0. The van der Waals surface area contributed by atoms with Crippen LogP contribution in [0.3, 0.4) is 0 Å². The van der Waals surface area contributed by atoms with Crippen molar-refractivity contribution in [3.8, 4) is 0 Å². The van der Waals surface area contributed by atoms with Crippen molar-refractivity contribution in [2.75, 3.05) is 18.5 Å². The van der Waals surface area contributed by atoms with Crippen molar-refractivity contribution >= 4 is 27.8 Å². The average molecular weight is 424 g/mol. The summed E-state index contributed by atoms with van der Waals surface area (Å²) in [7, 11) is -4.18. The zero-order valence-corrected chi connectivity index (χ0v) is 15.8. The first-order valence-corrected chi connectivity index (χ1v) is 9.90. The Morgan fingerprint density at radius 2 is 1.90 bits per heavy atom. The molecule has 10 nitrogen and oxygen atoms in total. The first-order valence-electron chi connectivity index (χ1n) is 8.46. The van der Waals surface area contributed by atoms with Crippen LogP contribution in [0.2, 0.25) is 0 Å². The number of amides is 1. The number of ether oxygens (including phenoxy) is 1. The molecular formula is C17H17FN4O6S. The molecule has 2 N–H and O–H groups in total. The van der Waals surface area contributed by atoms with Crippen LogP contribution in [0.5, 0.6) is 0 Å². The first-order chi connectivity index (χ1) is 13.8. The molecule has 0 radical (unpaired) electrons. The number of aliphatic hydroxyl groups excluding tert-OH is 1. The summed E-state index contributed by atoms with van der Waals surface area (Å²) in [6.45, 7) is -1.02. The van der Waals surface area contributed by atoms with Gasteiger partial charge in [0, 0.05) is 25.4 Å². The van der Waals surface area contributed by atoms with E-state index in [1.54, 1.807) is 6.07 Å². The minimum absolute atomic E-state index is 0.0188. The highest BCUT2D eigenvalue weighted by molar-refractivity contribution is 7.89. The molecule has 3 rings (SSSR count). The third-order valence-electron chi connectivity index (χ3n) is 4.09. The molecule has 1 aliphatic heterocycles. The van der Waals surface area contributed by atoms with E-state index in [0.717, 1.165) is 28.6 Å². The number of aromatic nitrogens is 2. The molecule has 12 heteroatoms. The van der Waals surface area contributed by atoms with Crippen molar-refractivity contribution in [1.82, 2.24) is 14.3 Å². The van der Waals surface area contributed by atoms with Crippen LogP contribution in [-0.4, -0.2) is 65.0 Å². The highest BCUT2D eigenvalue weighted by Crippen LogP contribution is 2.27. The van der Waals surface area contributed by atoms with Crippen LogP contribution in [0.25, 0.3) is 0 Å². The molecular weight excluding hydrogens is 407 g/mol. The maximum Gasteiger partial charge on any atom is 0.325 e. The standard InChI is InChI=1S/C17H17FN4O6S/c18-11-2-4-13(5-3-11)29(26,27)22-9-12(23)8-14(22)16(25)28-10-15(24)21-17-19-6-1-7-20-17/h1-7,12,14,23H,8-10H2,(H,19,20,21,24). The fourth-order valence-corrected chi connectivity index (χ4v) is 4.39. The number of hydrogen-bond acceptors (Lipinski definition) is 8. The molecule has 1 aromatic carbocycles. The molecule has 2 unspecified atom stereocenters. The molecule has 1 aromatic heterocycles. The number of β-amino-alcohol motifs (C(OH)–C–C–N with tert-alkyl or cyclic N) is 1. The molecule has 29 heavy (non-hydrogen) atoms. The number of sulfonamides is 1. The van der Waals surface area contributed by atoms with Crippen molar-refractivity contribution in [1.29, 1.82) is 0 Å². The van der Waals surface area contributed by atoms with Gasteiger partial charge in [-0.3, -0.25) is 14.9 Å². The van der Waals surface area contributed by atoms with Gasteiger partial charge < -0.3 is 9.84 Å². The van der Waals surface area contributed by atoms with E-state index in [2.05, 4.69) is 15.3 Å². The van der Waals surface area contributed by atoms with E-state index >= 15 is 0 Å². The lowest BCUT2D eigenvalue weighted by Crippen LogP contribution is -2.42. The highest BCUT2D eigenvalue weighted by Gasteiger charge is 2.44. The maximum atomic E-state index is 13.1. The smallest absolute Gasteiger partial charge is 0.325 e. The van der Waals surface area contributed by atoms with Crippen LogP contribution in [0.4, 0.5) is 10.3 Å². The molecule has 2 heterocycles. The summed E-state index contributed by atoms with van der Waals surface area (Å²) in [5.41, 5.74) is 0. The Hall–Kier alpha value is -2.96. The summed E-state index contributed by atoms with van der Waals surface area (Å²) in [4.78, 5) is 31.6. The topological polar surface area (TPSA) is 139 Å². The van der Waals surface area contributed by atoms with Crippen LogP contribution >= 0.6 is 0 Å². The second kappa shape index (κ2) is 8.59. The molecule has 1 aliphatic rings. The van der Waals surface area contributed by atoms with E-state index in [-0.39, 0.29) is 23.8 Å². The van der Waals surface area contributed by atoms with Crippen LogP contribution in [0.1, 0.15) is 6.42 Å². The SMILES string of the molecule is O=C(COC(=O)C1CC(O)CN1S(=O)(=O)c1ccc(F)cc1)Nc1ncccn1. The number of carbonyl (C=O) groups is 2. The van der Waals surface area contributed by atoms with Crippen molar-refractivity contribution in [2.45, 2.75) is 23.5 Å². The fourth-order valence-electron chi connectivity index (χ4n) is 2.76. The minimum atomic E-state index is -4.18. The van der Waals surface area contributed by atoms with Crippen LogP contribution in [0, 0.1) is 5.82 Å². The van der Waals surface area contributed by atoms with Gasteiger partial charge in [-0.1, -0.05) is 0 Å². The summed E-state index contributed by atoms with van der Waals surface area (Å²) in [5, 5.41) is 12.2. The van der Waals surface area contributed by atoms with Gasteiger partial charge in [0.25, 0.3) is 5.91 Å². The van der Waals surface area contributed by atoms with Gasteiger partial charge in [-0.15, -0.1) is 0 Å². The van der Waals surface area contributed by atoms with Gasteiger partial charge in [-0.05, 0) is 30.3 Å². The fraction of sp³-hybridized carbons (Fsp3) is 0.294. The van der Waals surface area contributed by atoms with E-state index in [1.165, 1.54) is 12.4 Å². The number of nitrogens with zero attached hydrogens (tertiary/aromatic N) is 3. The average Bonchev–Trinajstić information content (AvgIpc) is 3.10. The van der Waals surface area contributed by atoms with Crippen LogP contribution in [-0.2, 0) is 24.3 Å². The predicted octanol–water partition coefficient (Wildman–Crippen LogP) is -0.0785. The molecule has 0 spiro atoms. The molecule has 2 aromatic rings. The summed E-state index contributed by atoms with van der Waals surface area (Å²) in [6, 6.07) is 4.31. The predicted molar refractivity (Wildman–Crippen MR) is 96.3 cm³/mol. The second-order valence-corrected chi connectivity index (χ2v) is 8.05. The normalized spacial score (nSPS) is 19.7. The van der Waals surface area contributed by atoms with Crippen LogP contribution in [0.15, 0.2) is 47.6 Å². The van der Waals surface area contributed by atoms with E-state index in [9.17, 15) is 27.5 Å². The Labute approximate surface area is 165 Å². The molecule has 1 saturated heterocycles. The number of carbonyl (C=O) groups excluding carboxylic acids is 2. The number of esters is 1. The number of nitrogens with one attached hydrogen (secondary N) is 1. The maximum absolute atomic E-state index is 13.1. The van der Waals surface area contributed by atoms with Crippen molar-refractivity contribution in [3.05, 3.63) is 48.5 Å². The van der Waals surface area contributed by atoms with Gasteiger partial charge >= 0.3 is 5.97 Å².